The molecule has 4 rings (SSSR count). The number of hydrogen-bond acceptors (Lipinski definition) is 6. The van der Waals surface area contributed by atoms with Crippen molar-refractivity contribution in [1.82, 2.24) is 15.0 Å². The lowest BCUT2D eigenvalue weighted by atomic mass is 10.1. The maximum atomic E-state index is 13.1. The molecule has 0 N–H and O–H groups in total. The normalized spacial score (nSPS) is 13.3. The molecule has 0 aliphatic carbocycles. The third-order valence-corrected chi connectivity index (χ3v) is 5.48. The van der Waals surface area contributed by atoms with Gasteiger partial charge >= 0.3 is 0 Å². The number of ether oxygens (including phenoxy) is 2. The van der Waals surface area contributed by atoms with Crippen molar-refractivity contribution in [3.8, 4) is 22.9 Å². The monoisotopic (exact) mass is 427 g/mol. The summed E-state index contributed by atoms with van der Waals surface area (Å²) in [7, 11) is 0. The zero-order valence-electron chi connectivity index (χ0n) is 16.8. The molecule has 0 fully saturated rings. The summed E-state index contributed by atoms with van der Waals surface area (Å²) in [6.07, 6.45) is 1.26. The van der Waals surface area contributed by atoms with Crippen molar-refractivity contribution in [1.29, 1.82) is 0 Å². The van der Waals surface area contributed by atoms with Crippen LogP contribution in [0.15, 0.2) is 47.0 Å². The molecule has 0 saturated heterocycles. The van der Waals surface area contributed by atoms with Crippen LogP contribution in [0.4, 0.5) is 0 Å². The van der Waals surface area contributed by atoms with Gasteiger partial charge in [-0.15, -0.1) is 0 Å². The van der Waals surface area contributed by atoms with Gasteiger partial charge in [-0.1, -0.05) is 35.8 Å². The molecule has 0 unspecified atom stereocenters. The van der Waals surface area contributed by atoms with E-state index in [1.54, 1.807) is 17.0 Å². The fraction of sp³-hybridized carbons (Fsp3) is 0.318. The van der Waals surface area contributed by atoms with E-state index in [-0.39, 0.29) is 18.7 Å². The molecule has 0 bridgehead atoms. The summed E-state index contributed by atoms with van der Waals surface area (Å²) in [5.41, 5.74) is 1.27. The number of benzene rings is 2. The highest BCUT2D eigenvalue weighted by atomic mass is 35.5. The summed E-state index contributed by atoms with van der Waals surface area (Å²) in [5, 5.41) is 4.51. The van der Waals surface area contributed by atoms with Crippen LogP contribution in [0.25, 0.3) is 11.4 Å². The van der Waals surface area contributed by atoms with Gasteiger partial charge in [0.15, 0.2) is 11.5 Å². The maximum Gasteiger partial charge on any atom is 0.255 e. The van der Waals surface area contributed by atoms with Crippen LogP contribution >= 0.6 is 11.6 Å². The molecule has 2 aromatic carbocycles. The number of carbonyl (C=O) groups excluding carboxylic acids is 1. The average Bonchev–Trinajstić information content (AvgIpc) is 3.42. The third-order valence-electron chi connectivity index (χ3n) is 5.15. The van der Waals surface area contributed by atoms with Gasteiger partial charge in [0, 0.05) is 24.6 Å². The predicted molar refractivity (Wildman–Crippen MR) is 112 cm³/mol. The molecule has 2 heterocycles. The lowest BCUT2D eigenvalue weighted by Gasteiger charge is -2.28. The molecule has 7 nitrogen and oxygen atoms in total. The van der Waals surface area contributed by atoms with Gasteiger partial charge in [-0.3, -0.25) is 4.79 Å². The third kappa shape index (κ3) is 4.11. The second kappa shape index (κ2) is 8.75. The Morgan fingerprint density at radius 3 is 2.80 bits per heavy atom. The molecule has 1 aliphatic rings. The molecule has 30 heavy (non-hydrogen) atoms. The Morgan fingerprint density at radius 2 is 2.00 bits per heavy atom. The van der Waals surface area contributed by atoms with E-state index in [1.165, 1.54) is 0 Å². The first kappa shape index (κ1) is 20.2. The molecule has 0 spiro atoms. The van der Waals surface area contributed by atoms with Gasteiger partial charge in [-0.2, -0.15) is 4.98 Å². The molecule has 1 atom stereocenters. The number of carbonyl (C=O) groups is 1. The molecule has 1 amide bonds. The van der Waals surface area contributed by atoms with Gasteiger partial charge in [0.2, 0.25) is 18.5 Å². The summed E-state index contributed by atoms with van der Waals surface area (Å²) in [5.74, 6) is 2.18. The van der Waals surface area contributed by atoms with E-state index in [9.17, 15) is 4.79 Å². The first-order valence-electron chi connectivity index (χ1n) is 9.85. The van der Waals surface area contributed by atoms with Crippen LogP contribution in [0.3, 0.4) is 0 Å². The largest absolute Gasteiger partial charge is 0.454 e. The minimum absolute atomic E-state index is 0.0463. The van der Waals surface area contributed by atoms with Crippen LogP contribution in [0.5, 0.6) is 11.5 Å². The minimum atomic E-state index is -0.106. The van der Waals surface area contributed by atoms with Crippen molar-refractivity contribution in [3.05, 3.63) is 58.9 Å². The number of halogens is 1. The van der Waals surface area contributed by atoms with E-state index >= 15 is 0 Å². The number of nitrogens with zero attached hydrogens (tertiary/aromatic N) is 3. The Hall–Kier alpha value is -3.06. The van der Waals surface area contributed by atoms with Gasteiger partial charge < -0.3 is 18.9 Å². The highest BCUT2D eigenvalue weighted by Crippen LogP contribution is 2.35. The van der Waals surface area contributed by atoms with E-state index in [2.05, 4.69) is 10.1 Å². The van der Waals surface area contributed by atoms with Crippen molar-refractivity contribution in [2.45, 2.75) is 32.7 Å². The Labute approximate surface area is 179 Å². The van der Waals surface area contributed by atoms with Gasteiger partial charge in [0.05, 0.1) is 10.6 Å². The van der Waals surface area contributed by atoms with E-state index in [4.69, 9.17) is 25.6 Å². The van der Waals surface area contributed by atoms with Crippen LogP contribution in [-0.2, 0) is 6.42 Å². The van der Waals surface area contributed by atoms with Crippen LogP contribution in [-0.4, -0.2) is 40.3 Å². The van der Waals surface area contributed by atoms with Crippen molar-refractivity contribution >= 4 is 17.5 Å². The fourth-order valence-electron chi connectivity index (χ4n) is 3.26. The lowest BCUT2D eigenvalue weighted by Crippen LogP contribution is -2.40. The zero-order chi connectivity index (χ0) is 21.1. The van der Waals surface area contributed by atoms with Crippen molar-refractivity contribution < 1.29 is 18.8 Å². The second-order valence-corrected chi connectivity index (χ2v) is 7.47. The second-order valence-electron chi connectivity index (χ2n) is 7.07. The van der Waals surface area contributed by atoms with Crippen LogP contribution in [0.2, 0.25) is 5.02 Å². The van der Waals surface area contributed by atoms with Crippen molar-refractivity contribution in [3.63, 3.8) is 0 Å². The fourth-order valence-corrected chi connectivity index (χ4v) is 3.47. The van der Waals surface area contributed by atoms with Crippen molar-refractivity contribution in [2.75, 3.05) is 13.3 Å². The molecule has 1 aromatic heterocycles. The molecule has 156 valence electrons. The van der Waals surface area contributed by atoms with E-state index in [0.717, 1.165) is 12.0 Å². The lowest BCUT2D eigenvalue weighted by molar-refractivity contribution is 0.0686. The van der Waals surface area contributed by atoms with E-state index in [0.29, 0.717) is 46.8 Å². The summed E-state index contributed by atoms with van der Waals surface area (Å²) in [6.45, 7) is 4.71. The van der Waals surface area contributed by atoms with Gasteiger partial charge in [-0.05, 0) is 43.7 Å². The first-order chi connectivity index (χ1) is 14.6. The number of aromatic nitrogens is 2. The van der Waals surface area contributed by atoms with Crippen LogP contribution < -0.4 is 9.47 Å². The summed E-state index contributed by atoms with van der Waals surface area (Å²) >= 11 is 6.23. The summed E-state index contributed by atoms with van der Waals surface area (Å²) in [4.78, 5) is 19.3. The Bertz CT molecular complexity index is 1050. The first-order valence-corrected chi connectivity index (χ1v) is 10.2. The SMILES string of the molecule is CC[C@H](C)N(CCc1nc(-c2ccc3c(c2)OCO3)no1)C(=O)c1ccccc1Cl. The molecule has 1 aliphatic heterocycles. The van der Waals surface area contributed by atoms with E-state index in [1.807, 2.05) is 44.2 Å². The summed E-state index contributed by atoms with van der Waals surface area (Å²) in [6, 6.07) is 12.6. The number of rotatable bonds is 7. The van der Waals surface area contributed by atoms with Gasteiger partial charge in [0.25, 0.3) is 5.91 Å². The molecular weight excluding hydrogens is 406 g/mol. The van der Waals surface area contributed by atoms with Gasteiger partial charge in [0.1, 0.15) is 0 Å². The molecule has 0 saturated carbocycles. The smallest absolute Gasteiger partial charge is 0.255 e. The Balaban J connectivity index is 1.48. The van der Waals surface area contributed by atoms with Crippen molar-refractivity contribution in [2.24, 2.45) is 0 Å². The number of hydrogen-bond donors (Lipinski definition) is 0. The quantitative estimate of drug-likeness (QED) is 0.548. The molecule has 3 aromatic rings. The molecular formula is C22H22ClN3O4. The average molecular weight is 428 g/mol. The van der Waals surface area contributed by atoms with Crippen LogP contribution in [0, 0.1) is 0 Å². The predicted octanol–water partition coefficient (Wildman–Crippen LogP) is 4.60. The van der Waals surface area contributed by atoms with Gasteiger partial charge in [-0.25, -0.2) is 0 Å². The topological polar surface area (TPSA) is 77.7 Å². The standard InChI is InChI=1S/C22H22ClN3O4/c1-3-14(2)26(22(27)16-6-4-5-7-17(16)23)11-10-20-24-21(25-30-20)15-8-9-18-19(12-15)29-13-28-18/h4-9,12,14H,3,10-11,13H2,1-2H3/t14-/m0/s1. The number of fused-ring (bicyclic) bond motifs is 1. The minimum Gasteiger partial charge on any atom is -0.454 e. The summed E-state index contributed by atoms with van der Waals surface area (Å²) < 4.78 is 16.1. The highest BCUT2D eigenvalue weighted by Gasteiger charge is 2.23. The molecule has 0 radical (unpaired) electrons. The Morgan fingerprint density at radius 1 is 1.20 bits per heavy atom. The molecule has 8 heteroatoms. The Kier molecular flexibility index (Phi) is 5.90. The maximum absolute atomic E-state index is 13.1. The number of amides is 1. The van der Waals surface area contributed by atoms with Crippen LogP contribution in [0.1, 0.15) is 36.5 Å². The highest BCUT2D eigenvalue weighted by molar-refractivity contribution is 6.33. The zero-order valence-corrected chi connectivity index (χ0v) is 17.6. The van der Waals surface area contributed by atoms with E-state index < -0.39 is 0 Å².